The van der Waals surface area contributed by atoms with E-state index in [0.717, 1.165) is 23.5 Å². The number of hydrogen-bond donors (Lipinski definition) is 2. The van der Waals surface area contributed by atoms with Crippen LogP contribution < -0.4 is 5.32 Å². The molecule has 5 nitrogen and oxygen atoms in total. The van der Waals surface area contributed by atoms with E-state index < -0.39 is 11.9 Å². The molecule has 0 aliphatic heterocycles. The first-order valence-corrected chi connectivity index (χ1v) is 7.87. The molecule has 0 radical (unpaired) electrons. The van der Waals surface area contributed by atoms with Crippen LogP contribution in [0.2, 0.25) is 0 Å². The summed E-state index contributed by atoms with van der Waals surface area (Å²) >= 11 is 1.59. The molecule has 0 aromatic carbocycles. The fraction of sp³-hybridized carbons (Fsp3) is 0.643. The topological polar surface area (TPSA) is 79.3 Å². The highest BCUT2D eigenvalue weighted by molar-refractivity contribution is 7.09. The minimum atomic E-state index is -0.847. The number of hydrogen-bond acceptors (Lipinski definition) is 4. The first-order chi connectivity index (χ1) is 9.58. The molecule has 0 saturated heterocycles. The molecule has 1 saturated carbocycles. The number of carbonyl (C=O) groups excluding carboxylic acids is 1. The van der Waals surface area contributed by atoms with Crippen LogP contribution in [0.5, 0.6) is 0 Å². The number of nitrogens with one attached hydrogen (secondary N) is 1. The number of thiazole rings is 1. The van der Waals surface area contributed by atoms with Crippen LogP contribution in [-0.2, 0) is 16.0 Å². The molecular weight excluding hydrogens is 276 g/mol. The third-order valence-electron chi connectivity index (χ3n) is 3.77. The first-order valence-electron chi connectivity index (χ1n) is 6.99. The molecule has 2 unspecified atom stereocenters. The Morgan fingerprint density at radius 3 is 2.70 bits per heavy atom. The molecule has 1 heterocycles. The molecule has 1 aliphatic rings. The van der Waals surface area contributed by atoms with Crippen molar-refractivity contribution in [3.8, 4) is 0 Å². The maximum absolute atomic E-state index is 12.1. The summed E-state index contributed by atoms with van der Waals surface area (Å²) in [5.41, 5.74) is 0.978. The fourth-order valence-electron chi connectivity index (χ4n) is 2.71. The Labute approximate surface area is 122 Å². The maximum atomic E-state index is 12.1. The molecule has 0 spiro atoms. The summed E-state index contributed by atoms with van der Waals surface area (Å²) in [6, 6.07) is 0. The summed E-state index contributed by atoms with van der Waals surface area (Å²) in [5.74, 6) is -1.87. The normalized spacial score (nSPS) is 22.4. The number of carboxylic acids is 1. The smallest absolute Gasteiger partial charge is 0.307 e. The fourth-order valence-corrected chi connectivity index (χ4v) is 3.36. The second-order valence-corrected chi connectivity index (χ2v) is 6.30. The van der Waals surface area contributed by atoms with Gasteiger partial charge in [0.1, 0.15) is 0 Å². The van der Waals surface area contributed by atoms with Crippen molar-refractivity contribution in [2.24, 2.45) is 11.8 Å². The number of nitrogens with zero attached hydrogens (tertiary/aromatic N) is 1. The lowest BCUT2D eigenvalue weighted by Crippen LogP contribution is -2.40. The van der Waals surface area contributed by atoms with Crippen LogP contribution >= 0.6 is 11.3 Å². The van der Waals surface area contributed by atoms with Crippen LogP contribution in [-0.4, -0.2) is 28.5 Å². The minimum absolute atomic E-state index is 0.121. The van der Waals surface area contributed by atoms with Crippen molar-refractivity contribution in [2.75, 3.05) is 6.54 Å². The highest BCUT2D eigenvalue weighted by Gasteiger charge is 2.35. The number of carbonyl (C=O) groups is 2. The molecule has 2 rings (SSSR count). The standard InChI is InChI=1S/C14H20N2O3S/c1-9-16-10(8-20-9)6-7-15-13(17)11-4-2-3-5-12(11)14(18)19/h8,11-12H,2-7H2,1H3,(H,15,17)(H,18,19). The third-order valence-corrected chi connectivity index (χ3v) is 4.59. The van der Waals surface area contributed by atoms with E-state index in [1.54, 1.807) is 11.3 Å². The quantitative estimate of drug-likeness (QED) is 0.871. The van der Waals surface area contributed by atoms with Gasteiger partial charge in [0.15, 0.2) is 0 Å². The largest absolute Gasteiger partial charge is 0.481 e. The molecule has 1 fully saturated rings. The Kier molecular flexibility index (Phi) is 5.11. The Bertz CT molecular complexity index is 487. The second-order valence-electron chi connectivity index (χ2n) is 5.23. The van der Waals surface area contributed by atoms with Crippen LogP contribution in [0, 0.1) is 18.8 Å². The molecule has 2 N–H and O–H groups in total. The molecule has 1 aliphatic carbocycles. The van der Waals surface area contributed by atoms with Crippen molar-refractivity contribution in [3.63, 3.8) is 0 Å². The van der Waals surface area contributed by atoms with E-state index in [1.165, 1.54) is 0 Å². The van der Waals surface area contributed by atoms with Gasteiger partial charge < -0.3 is 10.4 Å². The highest BCUT2D eigenvalue weighted by Crippen LogP contribution is 2.30. The predicted octanol–water partition coefficient (Wildman–Crippen LogP) is 2.00. The minimum Gasteiger partial charge on any atom is -0.481 e. The van der Waals surface area contributed by atoms with Gasteiger partial charge in [-0.15, -0.1) is 11.3 Å². The van der Waals surface area contributed by atoms with Gasteiger partial charge in [-0.25, -0.2) is 4.98 Å². The van der Waals surface area contributed by atoms with Gasteiger partial charge in [0, 0.05) is 18.3 Å². The number of aliphatic carboxylic acids is 1. The van der Waals surface area contributed by atoms with Crippen molar-refractivity contribution in [3.05, 3.63) is 16.1 Å². The van der Waals surface area contributed by atoms with Gasteiger partial charge in [-0.05, 0) is 19.8 Å². The number of aryl methyl sites for hydroxylation is 1. The van der Waals surface area contributed by atoms with E-state index in [-0.39, 0.29) is 11.8 Å². The van der Waals surface area contributed by atoms with Crippen LogP contribution in [0.4, 0.5) is 0 Å². The summed E-state index contributed by atoms with van der Waals surface area (Å²) in [6.07, 6.45) is 3.82. The van der Waals surface area contributed by atoms with Gasteiger partial charge in [-0.1, -0.05) is 12.8 Å². The number of amides is 1. The van der Waals surface area contributed by atoms with Gasteiger partial charge in [-0.2, -0.15) is 0 Å². The van der Waals surface area contributed by atoms with Crippen molar-refractivity contribution in [2.45, 2.75) is 39.0 Å². The Morgan fingerprint density at radius 1 is 1.40 bits per heavy atom. The van der Waals surface area contributed by atoms with Gasteiger partial charge in [0.05, 0.1) is 22.5 Å². The molecule has 110 valence electrons. The van der Waals surface area contributed by atoms with E-state index in [0.29, 0.717) is 25.8 Å². The average Bonchev–Trinajstić information content (AvgIpc) is 2.84. The summed E-state index contributed by atoms with van der Waals surface area (Å²) in [5, 5.41) is 15.0. The lowest BCUT2D eigenvalue weighted by molar-refractivity contribution is -0.148. The van der Waals surface area contributed by atoms with Crippen LogP contribution in [0.1, 0.15) is 36.4 Å². The van der Waals surface area contributed by atoms with E-state index in [2.05, 4.69) is 10.3 Å². The van der Waals surface area contributed by atoms with Gasteiger partial charge in [-0.3, -0.25) is 9.59 Å². The van der Waals surface area contributed by atoms with Crippen LogP contribution in [0.3, 0.4) is 0 Å². The molecule has 1 aromatic rings. The van der Waals surface area contributed by atoms with Crippen molar-refractivity contribution < 1.29 is 14.7 Å². The molecule has 20 heavy (non-hydrogen) atoms. The maximum Gasteiger partial charge on any atom is 0.307 e. The predicted molar refractivity (Wildman–Crippen MR) is 76.6 cm³/mol. The molecule has 0 bridgehead atoms. The van der Waals surface area contributed by atoms with Crippen molar-refractivity contribution in [1.29, 1.82) is 0 Å². The molecular formula is C14H20N2O3S. The van der Waals surface area contributed by atoms with Crippen LogP contribution in [0.25, 0.3) is 0 Å². The lowest BCUT2D eigenvalue weighted by atomic mass is 9.78. The van der Waals surface area contributed by atoms with E-state index in [1.807, 2.05) is 12.3 Å². The Hall–Kier alpha value is -1.43. The summed E-state index contributed by atoms with van der Waals surface area (Å²) in [6.45, 7) is 2.47. The molecule has 1 amide bonds. The lowest BCUT2D eigenvalue weighted by Gasteiger charge is -2.27. The Morgan fingerprint density at radius 2 is 2.10 bits per heavy atom. The summed E-state index contributed by atoms with van der Waals surface area (Å²) in [4.78, 5) is 27.6. The van der Waals surface area contributed by atoms with Crippen LogP contribution in [0.15, 0.2) is 5.38 Å². The zero-order valence-corrected chi connectivity index (χ0v) is 12.4. The number of carboxylic acid groups (broad SMARTS) is 1. The van der Waals surface area contributed by atoms with Gasteiger partial charge in [0.25, 0.3) is 0 Å². The average molecular weight is 296 g/mol. The van der Waals surface area contributed by atoms with Crippen molar-refractivity contribution >= 4 is 23.2 Å². The zero-order valence-electron chi connectivity index (χ0n) is 11.6. The monoisotopic (exact) mass is 296 g/mol. The first kappa shape index (κ1) is 15.0. The van der Waals surface area contributed by atoms with E-state index >= 15 is 0 Å². The summed E-state index contributed by atoms with van der Waals surface area (Å²) in [7, 11) is 0. The van der Waals surface area contributed by atoms with E-state index in [9.17, 15) is 14.7 Å². The molecule has 1 aromatic heterocycles. The number of rotatable bonds is 5. The van der Waals surface area contributed by atoms with E-state index in [4.69, 9.17) is 0 Å². The second kappa shape index (κ2) is 6.83. The third kappa shape index (κ3) is 3.79. The molecule has 2 atom stereocenters. The summed E-state index contributed by atoms with van der Waals surface area (Å²) < 4.78 is 0. The highest BCUT2D eigenvalue weighted by atomic mass is 32.1. The SMILES string of the molecule is Cc1nc(CCNC(=O)C2CCCCC2C(=O)O)cs1. The van der Waals surface area contributed by atoms with Gasteiger partial charge in [0.2, 0.25) is 5.91 Å². The van der Waals surface area contributed by atoms with Crippen molar-refractivity contribution in [1.82, 2.24) is 10.3 Å². The molecule has 6 heteroatoms. The Balaban J connectivity index is 1.82. The zero-order chi connectivity index (χ0) is 14.5. The number of aromatic nitrogens is 1. The van der Waals surface area contributed by atoms with Gasteiger partial charge >= 0.3 is 5.97 Å².